The SMILES string of the molecule is C=CCN(CC=C)S(=O)(=O)c1ccc(Cl)c(Cl)c1Cl. The maximum atomic E-state index is 12.4. The summed E-state index contributed by atoms with van der Waals surface area (Å²) >= 11 is 17.6. The second kappa shape index (κ2) is 6.77. The van der Waals surface area contributed by atoms with Crippen molar-refractivity contribution in [1.29, 1.82) is 0 Å². The third kappa shape index (κ3) is 3.52. The van der Waals surface area contributed by atoms with Gasteiger partial charge >= 0.3 is 0 Å². The highest BCUT2D eigenvalue weighted by atomic mass is 35.5. The molecule has 19 heavy (non-hydrogen) atoms. The van der Waals surface area contributed by atoms with Gasteiger partial charge in [0.05, 0.1) is 15.1 Å². The normalized spacial score (nSPS) is 11.6. The molecule has 0 aromatic heterocycles. The molecule has 3 nitrogen and oxygen atoms in total. The lowest BCUT2D eigenvalue weighted by Gasteiger charge is -2.20. The summed E-state index contributed by atoms with van der Waals surface area (Å²) < 4.78 is 26.1. The largest absolute Gasteiger partial charge is 0.245 e. The van der Waals surface area contributed by atoms with Gasteiger partial charge in [-0.1, -0.05) is 47.0 Å². The zero-order valence-corrected chi connectivity index (χ0v) is 13.0. The number of hydrogen-bond donors (Lipinski definition) is 0. The number of benzene rings is 1. The zero-order valence-electron chi connectivity index (χ0n) is 9.94. The molecule has 0 radical (unpaired) electrons. The van der Waals surface area contributed by atoms with Crippen LogP contribution in [0.4, 0.5) is 0 Å². The lowest BCUT2D eigenvalue weighted by Crippen LogP contribution is -2.31. The fourth-order valence-corrected chi connectivity index (χ4v) is 3.74. The zero-order chi connectivity index (χ0) is 14.6. The van der Waals surface area contributed by atoms with Gasteiger partial charge in [-0.3, -0.25) is 0 Å². The van der Waals surface area contributed by atoms with Crippen molar-refractivity contribution in [3.63, 3.8) is 0 Å². The molecule has 0 amide bonds. The second-order valence-electron chi connectivity index (χ2n) is 3.57. The molecule has 1 aromatic carbocycles. The summed E-state index contributed by atoms with van der Waals surface area (Å²) in [5.74, 6) is 0. The van der Waals surface area contributed by atoms with Crippen molar-refractivity contribution in [2.45, 2.75) is 4.90 Å². The Morgan fingerprint density at radius 2 is 1.58 bits per heavy atom. The van der Waals surface area contributed by atoms with Crippen LogP contribution in [0.3, 0.4) is 0 Å². The molecule has 0 saturated carbocycles. The highest BCUT2D eigenvalue weighted by molar-refractivity contribution is 7.89. The number of sulfonamides is 1. The average molecular weight is 341 g/mol. The lowest BCUT2D eigenvalue weighted by atomic mass is 10.4. The van der Waals surface area contributed by atoms with E-state index < -0.39 is 10.0 Å². The van der Waals surface area contributed by atoms with Crippen LogP contribution in [-0.4, -0.2) is 25.8 Å². The van der Waals surface area contributed by atoms with E-state index in [1.54, 1.807) is 0 Å². The molecule has 0 bridgehead atoms. The Balaban J connectivity index is 3.37. The first kappa shape index (κ1) is 16.5. The van der Waals surface area contributed by atoms with Crippen LogP contribution in [0.5, 0.6) is 0 Å². The highest BCUT2D eigenvalue weighted by Gasteiger charge is 2.26. The number of hydrogen-bond acceptors (Lipinski definition) is 2. The van der Waals surface area contributed by atoms with Crippen molar-refractivity contribution >= 4 is 44.8 Å². The first-order chi connectivity index (χ1) is 8.86. The van der Waals surface area contributed by atoms with Gasteiger partial charge in [-0.05, 0) is 12.1 Å². The summed E-state index contributed by atoms with van der Waals surface area (Å²) in [4.78, 5) is -0.0905. The average Bonchev–Trinajstić information content (AvgIpc) is 2.35. The molecule has 1 aromatic rings. The molecule has 7 heteroatoms. The third-order valence-electron chi connectivity index (χ3n) is 2.28. The van der Waals surface area contributed by atoms with Crippen LogP contribution in [-0.2, 0) is 10.0 Å². The lowest BCUT2D eigenvalue weighted by molar-refractivity contribution is 0.474. The summed E-state index contributed by atoms with van der Waals surface area (Å²) in [6, 6.07) is 2.72. The molecule has 0 unspecified atom stereocenters. The minimum Gasteiger partial charge on any atom is -0.207 e. The van der Waals surface area contributed by atoms with Gasteiger partial charge in [0.15, 0.2) is 0 Å². The molecule has 0 atom stereocenters. The minimum absolute atomic E-state index is 0.0153. The monoisotopic (exact) mass is 339 g/mol. The van der Waals surface area contributed by atoms with Gasteiger partial charge in [0.25, 0.3) is 0 Å². The van der Waals surface area contributed by atoms with Crippen LogP contribution in [0.1, 0.15) is 0 Å². The van der Waals surface area contributed by atoms with E-state index in [9.17, 15) is 8.42 Å². The maximum Gasteiger partial charge on any atom is 0.245 e. The number of rotatable bonds is 6. The van der Waals surface area contributed by atoms with Gasteiger partial charge in [-0.25, -0.2) is 8.42 Å². The van der Waals surface area contributed by atoms with E-state index in [0.29, 0.717) is 0 Å². The topological polar surface area (TPSA) is 37.4 Å². The first-order valence-corrected chi connectivity index (χ1v) is 7.79. The fraction of sp³-hybridized carbons (Fsp3) is 0.167. The molecule has 0 aliphatic carbocycles. The summed E-state index contributed by atoms with van der Waals surface area (Å²) in [6.45, 7) is 7.33. The minimum atomic E-state index is -3.78. The van der Waals surface area contributed by atoms with Crippen LogP contribution < -0.4 is 0 Å². The molecular weight excluding hydrogens is 329 g/mol. The Bertz CT molecular complexity index is 589. The first-order valence-electron chi connectivity index (χ1n) is 5.21. The van der Waals surface area contributed by atoms with E-state index in [1.165, 1.54) is 28.6 Å². The van der Waals surface area contributed by atoms with Crippen LogP contribution >= 0.6 is 34.8 Å². The quantitative estimate of drug-likeness (QED) is 0.579. The summed E-state index contributed by atoms with van der Waals surface area (Å²) in [7, 11) is -3.78. The van der Waals surface area contributed by atoms with Crippen molar-refractivity contribution in [3.05, 3.63) is 52.5 Å². The predicted molar refractivity (Wildman–Crippen MR) is 80.6 cm³/mol. The summed E-state index contributed by atoms with van der Waals surface area (Å²) in [5, 5.41) is 0.124. The van der Waals surface area contributed by atoms with Gasteiger partial charge in [-0.15, -0.1) is 13.2 Å². The van der Waals surface area contributed by atoms with Crippen molar-refractivity contribution in [3.8, 4) is 0 Å². The van der Waals surface area contributed by atoms with E-state index in [1.807, 2.05) is 0 Å². The Labute approximate surface area is 128 Å². The smallest absolute Gasteiger partial charge is 0.207 e. The standard InChI is InChI=1S/C12H12Cl3NO2S/c1-3-7-16(8-4-2)19(17,18)10-6-5-9(13)11(14)12(10)15/h3-6H,1-2,7-8H2. The number of nitrogens with zero attached hydrogens (tertiary/aromatic N) is 1. The van der Waals surface area contributed by atoms with Crippen LogP contribution in [0.25, 0.3) is 0 Å². The van der Waals surface area contributed by atoms with Crippen molar-refractivity contribution in [2.75, 3.05) is 13.1 Å². The number of halogens is 3. The summed E-state index contributed by atoms with van der Waals surface area (Å²) in [5.41, 5.74) is 0. The Kier molecular flexibility index (Phi) is 5.89. The van der Waals surface area contributed by atoms with Gasteiger partial charge in [0, 0.05) is 13.1 Å². The molecule has 0 fully saturated rings. The van der Waals surface area contributed by atoms with E-state index in [2.05, 4.69) is 13.2 Å². The molecule has 1 rings (SSSR count). The van der Waals surface area contributed by atoms with Gasteiger partial charge in [-0.2, -0.15) is 4.31 Å². The third-order valence-corrected chi connectivity index (χ3v) is 5.56. The molecule has 0 N–H and O–H groups in total. The molecule has 0 aliphatic heterocycles. The van der Waals surface area contributed by atoms with E-state index in [4.69, 9.17) is 34.8 Å². The van der Waals surface area contributed by atoms with Crippen molar-refractivity contribution in [2.24, 2.45) is 0 Å². The molecular formula is C12H12Cl3NO2S. The fourth-order valence-electron chi connectivity index (χ4n) is 1.41. The second-order valence-corrected chi connectivity index (χ2v) is 6.64. The van der Waals surface area contributed by atoms with Gasteiger partial charge < -0.3 is 0 Å². The van der Waals surface area contributed by atoms with Crippen molar-refractivity contribution < 1.29 is 8.42 Å². The molecule has 0 aliphatic rings. The maximum absolute atomic E-state index is 12.4. The van der Waals surface area contributed by atoms with E-state index in [-0.39, 0.29) is 33.1 Å². The predicted octanol–water partition coefficient (Wildman–Crippen LogP) is 4.01. The summed E-state index contributed by atoms with van der Waals surface area (Å²) in [6.07, 6.45) is 2.96. The van der Waals surface area contributed by atoms with E-state index in [0.717, 1.165) is 0 Å². The Morgan fingerprint density at radius 3 is 2.05 bits per heavy atom. The van der Waals surface area contributed by atoms with Crippen LogP contribution in [0.15, 0.2) is 42.3 Å². The highest BCUT2D eigenvalue weighted by Crippen LogP contribution is 2.36. The Hall–Kier alpha value is -0.520. The van der Waals surface area contributed by atoms with Gasteiger partial charge in [0.2, 0.25) is 10.0 Å². The van der Waals surface area contributed by atoms with E-state index >= 15 is 0 Å². The molecule has 0 heterocycles. The van der Waals surface area contributed by atoms with Crippen LogP contribution in [0, 0.1) is 0 Å². The van der Waals surface area contributed by atoms with Gasteiger partial charge in [0.1, 0.15) is 4.90 Å². The van der Waals surface area contributed by atoms with Crippen LogP contribution in [0.2, 0.25) is 15.1 Å². The Morgan fingerprint density at radius 1 is 1.05 bits per heavy atom. The van der Waals surface area contributed by atoms with Crippen molar-refractivity contribution in [1.82, 2.24) is 4.31 Å². The molecule has 0 saturated heterocycles. The molecule has 104 valence electrons. The molecule has 0 spiro atoms.